The quantitative estimate of drug-likeness (QED) is 0.549. The van der Waals surface area contributed by atoms with E-state index < -0.39 is 0 Å². The van der Waals surface area contributed by atoms with Crippen LogP contribution in [-0.2, 0) is 0 Å². The second-order valence-electron chi connectivity index (χ2n) is 6.70. The highest BCUT2D eigenvalue weighted by atomic mass is 19.1. The van der Waals surface area contributed by atoms with Gasteiger partial charge in [-0.3, -0.25) is 4.79 Å². The van der Waals surface area contributed by atoms with Crippen LogP contribution < -0.4 is 5.32 Å². The lowest BCUT2D eigenvalue weighted by Gasteiger charge is -2.23. The average molecular weight is 355 g/mol. The van der Waals surface area contributed by atoms with Gasteiger partial charge in [-0.15, -0.1) is 0 Å². The lowest BCUT2D eigenvalue weighted by atomic mass is 9.90. The van der Waals surface area contributed by atoms with E-state index in [0.717, 1.165) is 37.8 Å². The van der Waals surface area contributed by atoms with Gasteiger partial charge in [0.15, 0.2) is 5.78 Å². The Bertz CT molecular complexity index is 766. The molecule has 136 valence electrons. The first-order valence-corrected chi connectivity index (χ1v) is 9.09. The Morgan fingerprint density at radius 2 is 1.65 bits per heavy atom. The second-order valence-corrected chi connectivity index (χ2v) is 6.70. The van der Waals surface area contributed by atoms with Gasteiger partial charge in [0, 0.05) is 18.0 Å². The molecule has 26 heavy (non-hydrogen) atoms. The van der Waals surface area contributed by atoms with E-state index in [9.17, 15) is 13.6 Å². The number of ketones is 1. The zero-order valence-electron chi connectivity index (χ0n) is 14.7. The third-order valence-electron chi connectivity index (χ3n) is 4.81. The summed E-state index contributed by atoms with van der Waals surface area (Å²) in [5.41, 5.74) is 2.93. The van der Waals surface area contributed by atoms with Crippen molar-refractivity contribution in [3.63, 3.8) is 0 Å². The zero-order chi connectivity index (χ0) is 18.4. The highest BCUT2D eigenvalue weighted by Crippen LogP contribution is 2.27. The Kier molecular flexibility index (Phi) is 6.29. The first-order valence-electron chi connectivity index (χ1n) is 9.09. The molecule has 0 spiro atoms. The van der Waals surface area contributed by atoms with Crippen molar-refractivity contribution >= 4 is 11.4 Å². The highest BCUT2D eigenvalue weighted by Gasteiger charge is 2.15. The van der Waals surface area contributed by atoms with Crippen LogP contribution in [0.3, 0.4) is 0 Å². The van der Waals surface area contributed by atoms with Crippen LogP contribution in [0.1, 0.15) is 48.0 Å². The lowest BCUT2D eigenvalue weighted by Crippen LogP contribution is -2.31. The molecule has 0 heterocycles. The van der Waals surface area contributed by atoms with E-state index in [0.29, 0.717) is 18.0 Å². The molecule has 2 nitrogen and oxygen atoms in total. The molecule has 4 heteroatoms. The van der Waals surface area contributed by atoms with Crippen LogP contribution in [-0.4, -0.2) is 18.4 Å². The summed E-state index contributed by atoms with van der Waals surface area (Å²) in [5.74, 6) is -0.484. The molecule has 2 aromatic rings. The fourth-order valence-corrected chi connectivity index (χ4v) is 3.28. The summed E-state index contributed by atoms with van der Waals surface area (Å²) in [6.07, 6.45) is 6.40. The van der Waals surface area contributed by atoms with Crippen LogP contribution in [0.25, 0.3) is 5.57 Å². The molecule has 1 aliphatic carbocycles. The maximum absolute atomic E-state index is 13.0. The Labute approximate surface area is 152 Å². The smallest absolute Gasteiger partial charge is 0.162 e. The molecule has 0 saturated carbocycles. The SMILES string of the molecule is O=C(CCCNC1CC=C(c2ccc(F)cc2)CC1)c1ccc(F)cc1. The molecule has 1 N–H and O–H groups in total. The fraction of sp³-hybridized carbons (Fsp3) is 0.318. The summed E-state index contributed by atoms with van der Waals surface area (Å²) in [4.78, 5) is 12.0. The van der Waals surface area contributed by atoms with Crippen molar-refractivity contribution in [1.29, 1.82) is 0 Å². The minimum absolute atomic E-state index is 0.0499. The largest absolute Gasteiger partial charge is 0.314 e. The summed E-state index contributed by atoms with van der Waals surface area (Å²) < 4.78 is 25.9. The molecule has 0 aliphatic heterocycles. The molecule has 0 saturated heterocycles. The van der Waals surface area contributed by atoms with Crippen molar-refractivity contribution in [2.45, 2.75) is 38.1 Å². The van der Waals surface area contributed by atoms with Crippen LogP contribution in [0.4, 0.5) is 8.78 Å². The van der Waals surface area contributed by atoms with Crippen molar-refractivity contribution < 1.29 is 13.6 Å². The number of rotatable bonds is 7. The van der Waals surface area contributed by atoms with Gasteiger partial charge in [-0.2, -0.15) is 0 Å². The number of hydrogen-bond donors (Lipinski definition) is 1. The molecule has 1 atom stereocenters. The average Bonchev–Trinajstić information content (AvgIpc) is 2.67. The number of carbonyl (C=O) groups is 1. The van der Waals surface area contributed by atoms with Crippen LogP contribution in [0.2, 0.25) is 0 Å². The van der Waals surface area contributed by atoms with E-state index in [1.807, 2.05) is 12.1 Å². The van der Waals surface area contributed by atoms with Gasteiger partial charge in [0.2, 0.25) is 0 Å². The molecule has 2 aromatic carbocycles. The molecule has 0 aromatic heterocycles. The molecule has 1 aliphatic rings. The fourth-order valence-electron chi connectivity index (χ4n) is 3.28. The number of hydrogen-bond acceptors (Lipinski definition) is 2. The Hall–Kier alpha value is -2.33. The Morgan fingerprint density at radius 1 is 1.00 bits per heavy atom. The predicted octanol–water partition coefficient (Wildman–Crippen LogP) is 5.15. The van der Waals surface area contributed by atoms with Crippen LogP contribution in [0, 0.1) is 11.6 Å². The third kappa shape index (κ3) is 5.09. The molecule has 3 rings (SSSR count). The summed E-state index contributed by atoms with van der Waals surface area (Å²) in [5, 5.41) is 3.50. The molecular weight excluding hydrogens is 332 g/mol. The number of carbonyl (C=O) groups excluding carboxylic acids is 1. The van der Waals surface area contributed by atoms with E-state index in [1.165, 1.54) is 42.0 Å². The molecule has 0 radical (unpaired) electrons. The maximum Gasteiger partial charge on any atom is 0.162 e. The Morgan fingerprint density at radius 3 is 2.27 bits per heavy atom. The van der Waals surface area contributed by atoms with Gasteiger partial charge >= 0.3 is 0 Å². The van der Waals surface area contributed by atoms with Crippen LogP contribution in [0.15, 0.2) is 54.6 Å². The van der Waals surface area contributed by atoms with Gasteiger partial charge in [0.1, 0.15) is 11.6 Å². The van der Waals surface area contributed by atoms with E-state index in [1.54, 1.807) is 0 Å². The standard InChI is InChI=1S/C22H23F2NO/c23-19-9-3-16(4-10-19)17-7-13-21(14-8-17)25-15-1-2-22(26)18-5-11-20(24)12-6-18/h3-7,9-12,21,25H,1-2,8,13-15H2. The van der Waals surface area contributed by atoms with E-state index in [4.69, 9.17) is 0 Å². The monoisotopic (exact) mass is 355 g/mol. The topological polar surface area (TPSA) is 29.1 Å². The molecule has 1 unspecified atom stereocenters. The lowest BCUT2D eigenvalue weighted by molar-refractivity contribution is 0.0979. The van der Waals surface area contributed by atoms with Gasteiger partial charge in [-0.25, -0.2) is 8.78 Å². The first-order chi connectivity index (χ1) is 12.6. The van der Waals surface area contributed by atoms with Crippen LogP contribution >= 0.6 is 0 Å². The number of allylic oxidation sites excluding steroid dienone is 1. The minimum atomic E-state index is -0.325. The number of benzene rings is 2. The summed E-state index contributed by atoms with van der Waals surface area (Å²) >= 11 is 0. The normalized spacial score (nSPS) is 17.0. The third-order valence-corrected chi connectivity index (χ3v) is 4.81. The van der Waals surface area contributed by atoms with Gasteiger partial charge in [0.05, 0.1) is 0 Å². The number of halogens is 2. The van der Waals surface area contributed by atoms with Crippen LogP contribution in [0.5, 0.6) is 0 Å². The van der Waals surface area contributed by atoms with Crippen molar-refractivity contribution in [2.75, 3.05) is 6.54 Å². The first kappa shape index (κ1) is 18.5. The van der Waals surface area contributed by atoms with Gasteiger partial charge < -0.3 is 5.32 Å². The van der Waals surface area contributed by atoms with E-state index in [2.05, 4.69) is 11.4 Å². The van der Waals surface area contributed by atoms with E-state index in [-0.39, 0.29) is 17.4 Å². The number of nitrogens with one attached hydrogen (secondary N) is 1. The summed E-state index contributed by atoms with van der Waals surface area (Å²) in [6.45, 7) is 0.789. The summed E-state index contributed by atoms with van der Waals surface area (Å²) in [6, 6.07) is 12.8. The minimum Gasteiger partial charge on any atom is -0.314 e. The second kappa shape index (κ2) is 8.86. The van der Waals surface area contributed by atoms with Crippen molar-refractivity contribution in [2.24, 2.45) is 0 Å². The van der Waals surface area contributed by atoms with E-state index >= 15 is 0 Å². The van der Waals surface area contributed by atoms with Gasteiger partial charge in [-0.1, -0.05) is 18.2 Å². The molecule has 0 amide bonds. The van der Waals surface area contributed by atoms with Gasteiger partial charge in [0.25, 0.3) is 0 Å². The molecular formula is C22H23F2NO. The summed E-state index contributed by atoms with van der Waals surface area (Å²) in [7, 11) is 0. The van der Waals surface area contributed by atoms with Crippen molar-refractivity contribution in [1.82, 2.24) is 5.32 Å². The zero-order valence-corrected chi connectivity index (χ0v) is 14.7. The Balaban J connectivity index is 1.39. The number of Topliss-reactive ketones (excluding diaryl/α,β-unsaturated/α-hetero) is 1. The molecule has 0 bridgehead atoms. The maximum atomic E-state index is 13.0. The van der Waals surface area contributed by atoms with Crippen molar-refractivity contribution in [3.05, 3.63) is 77.4 Å². The highest BCUT2D eigenvalue weighted by molar-refractivity contribution is 5.95. The molecule has 0 fully saturated rings. The van der Waals surface area contributed by atoms with Gasteiger partial charge in [-0.05, 0) is 79.8 Å². The predicted molar refractivity (Wildman–Crippen MR) is 100.0 cm³/mol. The van der Waals surface area contributed by atoms with Crippen molar-refractivity contribution in [3.8, 4) is 0 Å².